The number of para-hydroxylation sites is 4. The molecule has 0 spiro atoms. The SMILES string of the molecule is C/C(=C\C=C(/C)c1nc(-c2ccccc2)nc(-n2c3cccc4ccc5c6ccccc6n(c6cccnc62)c5c43)n1)c1cccc(-c2nc3ccccc3nc2-n2c3cccc4ccc5c6ccccc6n(c6cnccc62)c5c43)c1. The van der Waals surface area contributed by atoms with E-state index in [0.717, 1.165) is 127 Å². The lowest BCUT2D eigenvalue weighted by Gasteiger charge is -2.16. The average molecular weight is 1050 g/mol. The molecule has 0 aliphatic carbocycles. The summed E-state index contributed by atoms with van der Waals surface area (Å²) < 4.78 is 9.14. The summed E-state index contributed by atoms with van der Waals surface area (Å²) >= 11 is 0. The van der Waals surface area contributed by atoms with E-state index in [1.807, 2.05) is 79.3 Å². The predicted molar refractivity (Wildman–Crippen MR) is 334 cm³/mol. The van der Waals surface area contributed by atoms with E-state index in [1.54, 1.807) is 0 Å². The summed E-state index contributed by atoms with van der Waals surface area (Å²) in [5.74, 6) is 2.30. The van der Waals surface area contributed by atoms with Crippen molar-refractivity contribution in [3.63, 3.8) is 0 Å². The van der Waals surface area contributed by atoms with E-state index in [0.29, 0.717) is 17.6 Å². The van der Waals surface area contributed by atoms with Gasteiger partial charge in [-0.2, -0.15) is 9.97 Å². The normalized spacial score (nSPS) is 12.7. The summed E-state index contributed by atoms with van der Waals surface area (Å²) in [4.78, 5) is 36.8. The van der Waals surface area contributed by atoms with Crippen molar-refractivity contribution in [1.82, 2.24) is 52.8 Å². The standard InChI is InChI=1S/C71H45N11/c1-42(31-32-43(2)67-76-68(46-16-4-3-5-17-46)78-71(77-67)82-59-29-14-19-45-34-35-51-49-22-6-10-26-55(49)79(65(51)63(45)59)60-30-15-38-73-69(60)82)47-20-12-21-48(40-47)64-70(75-54-25-9-8-24-53(54)74-64)81-57-37-39-72-41-61(57)80-56-27-11-7-23-50(56)52-36-33-44-18-13-28-58(81)62(44)66(52)80/h3-41H,1-2H3/b42-31+,43-32+. The van der Waals surface area contributed by atoms with Gasteiger partial charge in [0, 0.05) is 55.8 Å². The molecule has 11 nitrogen and oxygen atoms in total. The Hall–Kier alpha value is -11.2. The maximum Gasteiger partial charge on any atom is 0.240 e. The molecule has 0 unspecified atom stereocenters. The molecule has 8 heterocycles. The van der Waals surface area contributed by atoms with Crippen molar-refractivity contribution in [1.29, 1.82) is 0 Å². The van der Waals surface area contributed by atoms with E-state index in [2.05, 4.69) is 190 Å². The van der Waals surface area contributed by atoms with E-state index in [-0.39, 0.29) is 0 Å². The summed E-state index contributed by atoms with van der Waals surface area (Å²) in [6, 6.07) is 72.3. The Morgan fingerprint density at radius 3 is 1.77 bits per heavy atom. The largest absolute Gasteiger partial charge is 0.305 e. The smallest absolute Gasteiger partial charge is 0.240 e. The first-order chi connectivity index (χ1) is 40.5. The summed E-state index contributed by atoms with van der Waals surface area (Å²) in [6.07, 6.45) is 9.94. The minimum atomic E-state index is 0.468. The average Bonchev–Trinajstić information content (AvgIpc) is 3.74. The third kappa shape index (κ3) is 6.74. The van der Waals surface area contributed by atoms with Gasteiger partial charge in [-0.05, 0) is 102 Å². The molecule has 0 fully saturated rings. The van der Waals surface area contributed by atoms with Crippen molar-refractivity contribution in [3.05, 3.63) is 248 Å². The number of benzene rings is 9. The summed E-state index contributed by atoms with van der Waals surface area (Å²) in [6.45, 7) is 4.20. The quantitative estimate of drug-likeness (QED) is 0.146. The zero-order valence-electron chi connectivity index (χ0n) is 44.4. The minimum Gasteiger partial charge on any atom is -0.305 e. The number of fused-ring (bicyclic) bond motifs is 11. The van der Waals surface area contributed by atoms with Crippen LogP contribution in [0.15, 0.2) is 237 Å². The fourth-order valence-corrected chi connectivity index (χ4v) is 12.7. The Morgan fingerprint density at radius 2 is 1.02 bits per heavy atom. The van der Waals surface area contributed by atoms with Crippen molar-refractivity contribution in [3.8, 4) is 34.4 Å². The molecular formula is C71H45N11. The fourth-order valence-electron chi connectivity index (χ4n) is 12.7. The van der Waals surface area contributed by atoms with E-state index in [4.69, 9.17) is 34.9 Å². The van der Waals surface area contributed by atoms with Crippen LogP contribution in [-0.4, -0.2) is 52.8 Å². The molecule has 0 atom stereocenters. The highest BCUT2D eigenvalue weighted by atomic mass is 15.2. The summed E-state index contributed by atoms with van der Waals surface area (Å²) in [5, 5.41) is 9.22. The van der Waals surface area contributed by atoms with Gasteiger partial charge in [-0.25, -0.2) is 19.9 Å². The number of hydrogen-bond donors (Lipinski definition) is 0. The van der Waals surface area contributed by atoms with Crippen LogP contribution in [-0.2, 0) is 0 Å². The van der Waals surface area contributed by atoms with Crippen LogP contribution >= 0.6 is 0 Å². The van der Waals surface area contributed by atoms with Crippen LogP contribution in [0.25, 0.3) is 155 Å². The molecule has 17 aromatic rings. The van der Waals surface area contributed by atoms with Gasteiger partial charge >= 0.3 is 0 Å². The molecule has 17 rings (SSSR count). The van der Waals surface area contributed by atoms with Gasteiger partial charge in [-0.15, -0.1) is 0 Å². The van der Waals surface area contributed by atoms with Gasteiger partial charge in [-0.3, -0.25) is 14.1 Å². The van der Waals surface area contributed by atoms with Gasteiger partial charge in [0.15, 0.2) is 23.1 Å². The lowest BCUT2D eigenvalue weighted by atomic mass is 10.0. The van der Waals surface area contributed by atoms with Crippen LogP contribution in [0.4, 0.5) is 0 Å². The third-order valence-corrected chi connectivity index (χ3v) is 16.4. The van der Waals surface area contributed by atoms with Crippen LogP contribution < -0.4 is 0 Å². The van der Waals surface area contributed by atoms with Crippen molar-refractivity contribution in [2.75, 3.05) is 0 Å². The topological polar surface area (TPSA) is 109 Å². The lowest BCUT2D eigenvalue weighted by molar-refractivity contribution is 0.919. The van der Waals surface area contributed by atoms with Gasteiger partial charge < -0.3 is 8.80 Å². The molecule has 82 heavy (non-hydrogen) atoms. The van der Waals surface area contributed by atoms with E-state index >= 15 is 0 Å². The molecule has 9 aromatic carbocycles. The Kier molecular flexibility index (Phi) is 9.87. The van der Waals surface area contributed by atoms with Crippen molar-refractivity contribution in [2.24, 2.45) is 0 Å². The molecule has 8 aromatic heterocycles. The first-order valence-electron chi connectivity index (χ1n) is 27.5. The molecule has 0 N–H and O–H groups in total. The van der Waals surface area contributed by atoms with Crippen LogP contribution in [0, 0.1) is 0 Å². The second-order valence-electron chi connectivity index (χ2n) is 21.1. The van der Waals surface area contributed by atoms with Crippen LogP contribution in [0.3, 0.4) is 0 Å². The fraction of sp³-hybridized carbons (Fsp3) is 0.0282. The Balaban J connectivity index is 0.839. The number of hydrogen-bond acceptors (Lipinski definition) is 7. The van der Waals surface area contributed by atoms with Crippen molar-refractivity contribution < 1.29 is 0 Å². The molecule has 0 bridgehead atoms. The predicted octanol–water partition coefficient (Wildman–Crippen LogP) is 16.8. The van der Waals surface area contributed by atoms with Crippen LogP contribution in [0.2, 0.25) is 0 Å². The number of aromatic nitrogens is 11. The summed E-state index contributed by atoms with van der Waals surface area (Å²) in [7, 11) is 0. The molecule has 0 amide bonds. The van der Waals surface area contributed by atoms with Gasteiger partial charge in [0.05, 0.1) is 66.9 Å². The maximum absolute atomic E-state index is 5.55. The maximum atomic E-state index is 5.55. The first-order valence-corrected chi connectivity index (χ1v) is 27.5. The van der Waals surface area contributed by atoms with Crippen molar-refractivity contribution in [2.45, 2.75) is 13.8 Å². The summed E-state index contributed by atoms with van der Waals surface area (Å²) in [5.41, 5.74) is 17.1. The molecule has 0 radical (unpaired) electrons. The number of nitrogens with zero attached hydrogens (tertiary/aromatic N) is 11. The number of pyridine rings is 2. The minimum absolute atomic E-state index is 0.468. The van der Waals surface area contributed by atoms with Gasteiger partial charge in [0.1, 0.15) is 5.69 Å². The highest BCUT2D eigenvalue weighted by Crippen LogP contribution is 2.42. The van der Waals surface area contributed by atoms with Gasteiger partial charge in [0.25, 0.3) is 0 Å². The second kappa shape index (κ2) is 17.7. The van der Waals surface area contributed by atoms with Gasteiger partial charge in [-0.1, -0.05) is 158 Å². The molecule has 0 saturated heterocycles. The third-order valence-electron chi connectivity index (χ3n) is 16.4. The molecule has 0 aliphatic heterocycles. The zero-order chi connectivity index (χ0) is 54.2. The molecule has 384 valence electrons. The number of rotatable bonds is 7. The molecule has 0 saturated carbocycles. The Morgan fingerprint density at radius 1 is 0.415 bits per heavy atom. The van der Waals surface area contributed by atoms with E-state index in [1.165, 1.54) is 21.5 Å². The number of allylic oxidation sites excluding steroid dienone is 4. The van der Waals surface area contributed by atoms with E-state index < -0.39 is 0 Å². The second-order valence-corrected chi connectivity index (χ2v) is 21.1. The highest BCUT2D eigenvalue weighted by Gasteiger charge is 2.24. The monoisotopic (exact) mass is 1050 g/mol. The van der Waals surface area contributed by atoms with E-state index in [9.17, 15) is 0 Å². The molecular weight excluding hydrogens is 1010 g/mol. The molecule has 11 heteroatoms. The van der Waals surface area contributed by atoms with Crippen LogP contribution in [0.1, 0.15) is 25.2 Å². The van der Waals surface area contributed by atoms with Crippen molar-refractivity contribution >= 4 is 121 Å². The highest BCUT2D eigenvalue weighted by molar-refractivity contribution is 6.25. The first kappa shape index (κ1) is 45.8. The van der Waals surface area contributed by atoms with Crippen LogP contribution in [0.5, 0.6) is 0 Å². The Bertz CT molecular complexity index is 5590. The Labute approximate surface area is 467 Å². The van der Waals surface area contributed by atoms with Gasteiger partial charge in [0.2, 0.25) is 5.95 Å². The molecule has 0 aliphatic rings. The zero-order valence-corrected chi connectivity index (χ0v) is 44.4. The lowest BCUT2D eigenvalue weighted by Crippen LogP contribution is -2.09.